The van der Waals surface area contributed by atoms with E-state index in [2.05, 4.69) is 10.1 Å². The lowest BCUT2D eigenvalue weighted by atomic mass is 10.0. The normalized spacial score (nSPS) is 14.5. The van der Waals surface area contributed by atoms with Crippen LogP contribution in [-0.2, 0) is 0 Å². The number of hydrogen-bond acceptors (Lipinski definition) is 3. The molecule has 0 atom stereocenters. The van der Waals surface area contributed by atoms with Crippen molar-refractivity contribution in [2.75, 3.05) is 6.54 Å². The van der Waals surface area contributed by atoms with E-state index < -0.39 is 0 Å². The number of fused-ring (bicyclic) bond motifs is 1. The molecule has 1 amide bonds. The number of carbonyl (C=O) groups is 1. The summed E-state index contributed by atoms with van der Waals surface area (Å²) >= 11 is 0. The minimum absolute atomic E-state index is 0.0959. The molecule has 118 valence electrons. The first-order valence-electron chi connectivity index (χ1n) is 8.11. The van der Waals surface area contributed by atoms with Gasteiger partial charge in [-0.25, -0.2) is 5.01 Å². The number of carbonyl (C=O) groups excluding carboxylic acids is 1. The molecule has 0 saturated carbocycles. The Kier molecular flexibility index (Phi) is 3.79. The predicted molar refractivity (Wildman–Crippen MR) is 95.0 cm³/mol. The summed E-state index contributed by atoms with van der Waals surface area (Å²) in [6.07, 6.45) is 3.45. The third kappa shape index (κ3) is 2.78. The van der Waals surface area contributed by atoms with Gasteiger partial charge < -0.3 is 0 Å². The van der Waals surface area contributed by atoms with Crippen LogP contribution in [0.1, 0.15) is 28.8 Å². The molecule has 4 rings (SSSR count). The number of aromatic nitrogens is 1. The summed E-state index contributed by atoms with van der Waals surface area (Å²) in [5.74, 6) is -0.0959. The van der Waals surface area contributed by atoms with Gasteiger partial charge in [0.25, 0.3) is 5.91 Å². The van der Waals surface area contributed by atoms with Crippen molar-refractivity contribution in [2.24, 2.45) is 5.10 Å². The standard InChI is InChI=1S/C20H17N3O/c24-20(17-13-16-9-4-5-10-18(16)21-14-17)23-12-6-11-19(22-23)15-7-2-1-3-8-15/h1-5,7-10,13-14H,6,11-12H2. The van der Waals surface area contributed by atoms with Gasteiger partial charge in [-0.2, -0.15) is 5.10 Å². The second kappa shape index (κ2) is 6.24. The van der Waals surface area contributed by atoms with Crippen LogP contribution in [0.25, 0.3) is 10.9 Å². The Balaban J connectivity index is 1.65. The van der Waals surface area contributed by atoms with E-state index >= 15 is 0 Å². The monoisotopic (exact) mass is 315 g/mol. The maximum Gasteiger partial charge on any atom is 0.275 e. The molecule has 1 aliphatic rings. The molecular weight excluding hydrogens is 298 g/mol. The highest BCUT2D eigenvalue weighted by atomic mass is 16.2. The molecule has 2 heterocycles. The zero-order valence-corrected chi connectivity index (χ0v) is 13.2. The van der Waals surface area contributed by atoms with Crippen LogP contribution < -0.4 is 0 Å². The van der Waals surface area contributed by atoms with E-state index in [0.717, 1.165) is 35.0 Å². The molecule has 24 heavy (non-hydrogen) atoms. The Morgan fingerprint density at radius 1 is 1.00 bits per heavy atom. The SMILES string of the molecule is O=C(c1cnc2ccccc2c1)N1CCCC(c2ccccc2)=N1. The highest BCUT2D eigenvalue weighted by molar-refractivity contribution is 6.03. The van der Waals surface area contributed by atoms with Gasteiger partial charge in [0, 0.05) is 18.1 Å². The van der Waals surface area contributed by atoms with E-state index in [4.69, 9.17) is 0 Å². The van der Waals surface area contributed by atoms with Gasteiger partial charge in [-0.05, 0) is 30.5 Å². The highest BCUT2D eigenvalue weighted by Gasteiger charge is 2.21. The van der Waals surface area contributed by atoms with Gasteiger partial charge in [0.2, 0.25) is 0 Å². The second-order valence-electron chi connectivity index (χ2n) is 5.86. The number of hydrogen-bond donors (Lipinski definition) is 0. The molecule has 0 spiro atoms. The van der Waals surface area contributed by atoms with Crippen molar-refractivity contribution < 1.29 is 4.79 Å². The van der Waals surface area contributed by atoms with Gasteiger partial charge in [0.15, 0.2) is 0 Å². The Hall–Kier alpha value is -3.01. The molecule has 0 bridgehead atoms. The number of pyridine rings is 1. The van der Waals surface area contributed by atoms with E-state index in [1.54, 1.807) is 11.2 Å². The summed E-state index contributed by atoms with van der Waals surface area (Å²) in [4.78, 5) is 17.2. The topological polar surface area (TPSA) is 45.6 Å². The molecule has 0 N–H and O–H groups in total. The van der Waals surface area contributed by atoms with Crippen LogP contribution in [0, 0.1) is 0 Å². The Morgan fingerprint density at radius 3 is 2.67 bits per heavy atom. The maximum absolute atomic E-state index is 12.8. The molecule has 1 aromatic heterocycles. The third-order valence-corrected chi connectivity index (χ3v) is 4.20. The predicted octanol–water partition coefficient (Wildman–Crippen LogP) is 3.88. The lowest BCUT2D eigenvalue weighted by Gasteiger charge is -2.23. The lowest BCUT2D eigenvalue weighted by molar-refractivity contribution is 0.0751. The number of para-hydroxylation sites is 1. The van der Waals surface area contributed by atoms with E-state index in [-0.39, 0.29) is 5.91 Å². The van der Waals surface area contributed by atoms with Crippen molar-refractivity contribution in [3.05, 3.63) is 78.0 Å². The second-order valence-corrected chi connectivity index (χ2v) is 5.86. The van der Waals surface area contributed by atoms with Gasteiger partial charge in [0.05, 0.1) is 16.8 Å². The average molecular weight is 315 g/mol. The van der Waals surface area contributed by atoms with Crippen molar-refractivity contribution in [3.8, 4) is 0 Å². The zero-order chi connectivity index (χ0) is 16.4. The smallest absolute Gasteiger partial charge is 0.267 e. The molecule has 0 fully saturated rings. The number of amides is 1. The quantitative estimate of drug-likeness (QED) is 0.720. The van der Waals surface area contributed by atoms with E-state index in [1.165, 1.54) is 0 Å². The zero-order valence-electron chi connectivity index (χ0n) is 13.2. The van der Waals surface area contributed by atoms with Gasteiger partial charge in [-0.3, -0.25) is 9.78 Å². The summed E-state index contributed by atoms with van der Waals surface area (Å²) in [7, 11) is 0. The summed E-state index contributed by atoms with van der Waals surface area (Å²) < 4.78 is 0. The van der Waals surface area contributed by atoms with Crippen molar-refractivity contribution in [1.82, 2.24) is 9.99 Å². The Morgan fingerprint density at radius 2 is 1.79 bits per heavy atom. The molecule has 4 heteroatoms. The maximum atomic E-state index is 12.8. The first-order valence-corrected chi connectivity index (χ1v) is 8.11. The van der Waals surface area contributed by atoms with Gasteiger partial charge in [-0.1, -0.05) is 48.5 Å². The van der Waals surface area contributed by atoms with Crippen molar-refractivity contribution in [3.63, 3.8) is 0 Å². The Labute approximate surface area is 140 Å². The van der Waals surface area contributed by atoms with Crippen LogP contribution in [0.4, 0.5) is 0 Å². The van der Waals surface area contributed by atoms with Gasteiger partial charge >= 0.3 is 0 Å². The van der Waals surface area contributed by atoms with Crippen LogP contribution >= 0.6 is 0 Å². The van der Waals surface area contributed by atoms with Crippen molar-refractivity contribution >= 4 is 22.5 Å². The third-order valence-electron chi connectivity index (χ3n) is 4.20. The minimum Gasteiger partial charge on any atom is -0.267 e. The number of nitrogens with zero attached hydrogens (tertiary/aromatic N) is 3. The van der Waals surface area contributed by atoms with E-state index in [9.17, 15) is 4.79 Å². The van der Waals surface area contributed by atoms with Gasteiger partial charge in [0.1, 0.15) is 0 Å². The fraction of sp³-hybridized carbons (Fsp3) is 0.150. The van der Waals surface area contributed by atoms with Crippen LogP contribution in [0.5, 0.6) is 0 Å². The van der Waals surface area contributed by atoms with E-state index in [0.29, 0.717) is 12.1 Å². The molecule has 0 unspecified atom stereocenters. The summed E-state index contributed by atoms with van der Waals surface area (Å²) in [6.45, 7) is 0.641. The van der Waals surface area contributed by atoms with Crippen LogP contribution in [0.15, 0.2) is 72.0 Å². The summed E-state index contributed by atoms with van der Waals surface area (Å²) in [6, 6.07) is 19.7. The molecule has 0 radical (unpaired) electrons. The largest absolute Gasteiger partial charge is 0.275 e. The van der Waals surface area contributed by atoms with Crippen LogP contribution in [0.3, 0.4) is 0 Å². The molecule has 2 aromatic carbocycles. The minimum atomic E-state index is -0.0959. The first kappa shape index (κ1) is 14.6. The molecule has 1 aliphatic heterocycles. The van der Waals surface area contributed by atoms with Gasteiger partial charge in [-0.15, -0.1) is 0 Å². The van der Waals surface area contributed by atoms with Crippen molar-refractivity contribution in [2.45, 2.75) is 12.8 Å². The molecule has 3 aromatic rings. The lowest BCUT2D eigenvalue weighted by Crippen LogP contribution is -2.32. The number of benzene rings is 2. The van der Waals surface area contributed by atoms with E-state index in [1.807, 2.05) is 60.7 Å². The first-order chi connectivity index (χ1) is 11.8. The Bertz CT molecular complexity index is 918. The summed E-state index contributed by atoms with van der Waals surface area (Å²) in [5.41, 5.74) is 3.50. The van der Waals surface area contributed by atoms with Crippen molar-refractivity contribution in [1.29, 1.82) is 0 Å². The molecule has 4 nitrogen and oxygen atoms in total. The fourth-order valence-electron chi connectivity index (χ4n) is 2.96. The van der Waals surface area contributed by atoms with Crippen LogP contribution in [0.2, 0.25) is 0 Å². The highest BCUT2D eigenvalue weighted by Crippen LogP contribution is 2.18. The number of hydrazone groups is 1. The number of rotatable bonds is 2. The van der Waals surface area contributed by atoms with Crippen LogP contribution in [-0.4, -0.2) is 28.2 Å². The summed E-state index contributed by atoms with van der Waals surface area (Å²) in [5, 5.41) is 7.11. The molecule has 0 aliphatic carbocycles. The average Bonchev–Trinajstić information content (AvgIpc) is 2.68. The fourth-order valence-corrected chi connectivity index (χ4v) is 2.96. The molecular formula is C20H17N3O. The molecule has 0 saturated heterocycles.